The summed E-state index contributed by atoms with van der Waals surface area (Å²) < 4.78 is 10.4. The Bertz CT molecular complexity index is 447. The normalized spacial score (nSPS) is 12.1. The number of ether oxygens (including phenoxy) is 2. The van der Waals surface area contributed by atoms with Crippen LogP contribution in [0.2, 0.25) is 0 Å². The molecule has 0 aliphatic heterocycles. The van der Waals surface area contributed by atoms with Crippen LogP contribution in [0.5, 0.6) is 11.5 Å². The summed E-state index contributed by atoms with van der Waals surface area (Å²) in [5, 5.41) is 3.01. The predicted molar refractivity (Wildman–Crippen MR) is 79.3 cm³/mol. The Morgan fingerprint density at radius 2 is 1.90 bits per heavy atom. The van der Waals surface area contributed by atoms with Crippen LogP contribution in [-0.4, -0.2) is 32.7 Å². The molecule has 0 saturated heterocycles. The quantitative estimate of drug-likeness (QED) is 0.799. The number of hydrogen-bond acceptors (Lipinski definition) is 4. The lowest BCUT2D eigenvalue weighted by Crippen LogP contribution is -2.39. The number of rotatable bonds is 7. The number of carbonyl (C=O) groups is 1. The van der Waals surface area contributed by atoms with E-state index in [1.807, 2.05) is 0 Å². The molecule has 0 spiro atoms. The third kappa shape index (κ3) is 4.13. The molecular weight excluding hydrogens is 256 g/mol. The molecule has 5 heteroatoms. The Labute approximate surface area is 120 Å². The van der Waals surface area contributed by atoms with Gasteiger partial charge in [-0.2, -0.15) is 0 Å². The minimum Gasteiger partial charge on any atom is -0.493 e. The van der Waals surface area contributed by atoms with Gasteiger partial charge >= 0.3 is 0 Å². The highest BCUT2D eigenvalue weighted by atomic mass is 16.5. The molecule has 0 fully saturated rings. The summed E-state index contributed by atoms with van der Waals surface area (Å²) in [6, 6.07) is 5.19. The molecule has 0 aliphatic carbocycles. The fourth-order valence-corrected chi connectivity index (χ4v) is 1.98. The van der Waals surface area contributed by atoms with Crippen LogP contribution < -0.4 is 20.5 Å². The molecule has 0 bridgehead atoms. The highest BCUT2D eigenvalue weighted by molar-refractivity contribution is 5.95. The molecule has 0 aromatic heterocycles. The lowest BCUT2D eigenvalue weighted by molar-refractivity contribution is 0.0923. The Morgan fingerprint density at radius 3 is 2.40 bits per heavy atom. The van der Waals surface area contributed by atoms with Gasteiger partial charge in [-0.05, 0) is 37.1 Å². The van der Waals surface area contributed by atoms with Crippen LogP contribution in [0.3, 0.4) is 0 Å². The summed E-state index contributed by atoms with van der Waals surface area (Å²) in [6.45, 7) is 4.68. The highest BCUT2D eigenvalue weighted by Crippen LogP contribution is 2.27. The van der Waals surface area contributed by atoms with Gasteiger partial charge in [-0.25, -0.2) is 0 Å². The Morgan fingerprint density at radius 1 is 1.25 bits per heavy atom. The van der Waals surface area contributed by atoms with E-state index in [2.05, 4.69) is 19.2 Å². The average Bonchev–Trinajstić information content (AvgIpc) is 2.45. The summed E-state index contributed by atoms with van der Waals surface area (Å²) in [6.07, 6.45) is 0.761. The Balaban J connectivity index is 2.86. The standard InChI is InChI=1S/C15H24N2O3/c1-10(2)12(7-8-16)17-15(18)11-5-6-13(19-3)14(9-11)20-4/h5-6,9-10,12H,7-8,16H2,1-4H3,(H,17,18). The van der Waals surface area contributed by atoms with Crippen LogP contribution in [0, 0.1) is 5.92 Å². The van der Waals surface area contributed by atoms with Crippen LogP contribution in [0.1, 0.15) is 30.6 Å². The van der Waals surface area contributed by atoms with E-state index in [-0.39, 0.29) is 11.9 Å². The van der Waals surface area contributed by atoms with Crippen LogP contribution >= 0.6 is 0 Å². The van der Waals surface area contributed by atoms with Crippen LogP contribution in [-0.2, 0) is 0 Å². The van der Waals surface area contributed by atoms with Crippen molar-refractivity contribution in [3.63, 3.8) is 0 Å². The van der Waals surface area contributed by atoms with Crippen LogP contribution in [0.25, 0.3) is 0 Å². The molecular formula is C15H24N2O3. The van der Waals surface area contributed by atoms with E-state index in [1.165, 1.54) is 0 Å². The van der Waals surface area contributed by atoms with Crippen molar-refractivity contribution in [3.8, 4) is 11.5 Å². The van der Waals surface area contributed by atoms with Crippen molar-refractivity contribution in [1.29, 1.82) is 0 Å². The fourth-order valence-electron chi connectivity index (χ4n) is 1.98. The first-order valence-electron chi connectivity index (χ1n) is 6.76. The second-order valence-electron chi connectivity index (χ2n) is 4.97. The lowest BCUT2D eigenvalue weighted by Gasteiger charge is -2.22. The van der Waals surface area contributed by atoms with Gasteiger partial charge in [0.2, 0.25) is 0 Å². The fraction of sp³-hybridized carbons (Fsp3) is 0.533. The largest absolute Gasteiger partial charge is 0.493 e. The molecule has 1 unspecified atom stereocenters. The maximum atomic E-state index is 12.3. The third-order valence-electron chi connectivity index (χ3n) is 3.24. The SMILES string of the molecule is COc1ccc(C(=O)NC(CCN)C(C)C)cc1OC. The monoisotopic (exact) mass is 280 g/mol. The van der Waals surface area contributed by atoms with Crippen molar-refractivity contribution in [1.82, 2.24) is 5.32 Å². The zero-order valence-electron chi connectivity index (χ0n) is 12.6. The van der Waals surface area contributed by atoms with E-state index < -0.39 is 0 Å². The summed E-state index contributed by atoms with van der Waals surface area (Å²) in [4.78, 5) is 12.3. The predicted octanol–water partition coefficient (Wildman–Crippen LogP) is 1.81. The zero-order chi connectivity index (χ0) is 15.1. The molecule has 1 amide bonds. The van der Waals surface area contributed by atoms with Gasteiger partial charge in [0.05, 0.1) is 14.2 Å². The number of carbonyl (C=O) groups excluding carboxylic acids is 1. The third-order valence-corrected chi connectivity index (χ3v) is 3.24. The zero-order valence-corrected chi connectivity index (χ0v) is 12.6. The smallest absolute Gasteiger partial charge is 0.251 e. The van der Waals surface area contributed by atoms with Crippen molar-refractivity contribution in [2.45, 2.75) is 26.3 Å². The molecule has 5 nitrogen and oxygen atoms in total. The summed E-state index contributed by atoms with van der Waals surface area (Å²) in [5.41, 5.74) is 6.12. The number of amides is 1. The van der Waals surface area contributed by atoms with Crippen molar-refractivity contribution < 1.29 is 14.3 Å². The van der Waals surface area contributed by atoms with Crippen molar-refractivity contribution >= 4 is 5.91 Å². The van der Waals surface area contributed by atoms with Gasteiger partial charge in [-0.3, -0.25) is 4.79 Å². The summed E-state index contributed by atoms with van der Waals surface area (Å²) in [5.74, 6) is 1.35. The number of benzene rings is 1. The van der Waals surface area contributed by atoms with Gasteiger partial charge in [0, 0.05) is 11.6 Å². The molecule has 0 saturated carbocycles. The lowest BCUT2D eigenvalue weighted by atomic mass is 10.0. The van der Waals surface area contributed by atoms with Crippen molar-refractivity contribution in [3.05, 3.63) is 23.8 Å². The molecule has 1 aromatic carbocycles. The Kier molecular flexibility index (Phi) is 6.31. The van der Waals surface area contributed by atoms with Gasteiger partial charge < -0.3 is 20.5 Å². The number of methoxy groups -OCH3 is 2. The molecule has 0 aliphatic rings. The van der Waals surface area contributed by atoms with E-state index in [0.717, 1.165) is 6.42 Å². The molecule has 1 aromatic rings. The second kappa shape index (κ2) is 7.75. The van der Waals surface area contributed by atoms with E-state index in [4.69, 9.17) is 15.2 Å². The van der Waals surface area contributed by atoms with Gasteiger partial charge in [-0.15, -0.1) is 0 Å². The number of nitrogens with two attached hydrogens (primary N) is 1. The van der Waals surface area contributed by atoms with Crippen LogP contribution in [0.15, 0.2) is 18.2 Å². The molecule has 3 N–H and O–H groups in total. The maximum absolute atomic E-state index is 12.3. The summed E-state index contributed by atoms with van der Waals surface area (Å²) >= 11 is 0. The van der Waals surface area contributed by atoms with Crippen LogP contribution in [0.4, 0.5) is 0 Å². The molecule has 20 heavy (non-hydrogen) atoms. The van der Waals surface area contributed by atoms with Gasteiger partial charge in [0.15, 0.2) is 11.5 Å². The molecule has 1 rings (SSSR count). The molecule has 1 atom stereocenters. The average molecular weight is 280 g/mol. The second-order valence-corrected chi connectivity index (χ2v) is 4.97. The first-order valence-corrected chi connectivity index (χ1v) is 6.76. The Hall–Kier alpha value is -1.75. The number of nitrogens with one attached hydrogen (secondary N) is 1. The first kappa shape index (κ1) is 16.3. The van der Waals surface area contributed by atoms with Gasteiger partial charge in [0.25, 0.3) is 5.91 Å². The van der Waals surface area contributed by atoms with E-state index in [0.29, 0.717) is 29.5 Å². The molecule has 0 heterocycles. The highest BCUT2D eigenvalue weighted by Gasteiger charge is 2.17. The topological polar surface area (TPSA) is 73.6 Å². The van der Waals surface area contributed by atoms with Gasteiger partial charge in [-0.1, -0.05) is 13.8 Å². The van der Waals surface area contributed by atoms with E-state index in [1.54, 1.807) is 32.4 Å². The number of hydrogen-bond donors (Lipinski definition) is 2. The van der Waals surface area contributed by atoms with E-state index >= 15 is 0 Å². The molecule has 112 valence electrons. The first-order chi connectivity index (χ1) is 9.53. The van der Waals surface area contributed by atoms with Crippen molar-refractivity contribution in [2.24, 2.45) is 11.7 Å². The van der Waals surface area contributed by atoms with E-state index in [9.17, 15) is 4.79 Å². The minimum absolute atomic E-state index is 0.0700. The molecule has 0 radical (unpaired) electrons. The summed E-state index contributed by atoms with van der Waals surface area (Å²) in [7, 11) is 3.11. The minimum atomic E-state index is -0.127. The maximum Gasteiger partial charge on any atom is 0.251 e. The van der Waals surface area contributed by atoms with Gasteiger partial charge in [0.1, 0.15) is 0 Å². The van der Waals surface area contributed by atoms with Crippen molar-refractivity contribution in [2.75, 3.05) is 20.8 Å².